The lowest BCUT2D eigenvalue weighted by molar-refractivity contribution is -0.151. The number of amides is 3. The number of rotatable bonds is 5. The highest BCUT2D eigenvalue weighted by molar-refractivity contribution is 5.93. The molecule has 0 aromatic rings. The Bertz CT molecular complexity index is 679. The molecule has 9 nitrogen and oxygen atoms in total. The van der Waals surface area contributed by atoms with Crippen LogP contribution in [0.1, 0.15) is 61.8 Å². The molecule has 1 rings (SSSR count). The van der Waals surface area contributed by atoms with Gasteiger partial charge >= 0.3 is 12.1 Å². The van der Waals surface area contributed by atoms with Gasteiger partial charge in [0, 0.05) is 13.6 Å². The number of likely N-dealkylation sites (tertiary alicyclic amines) is 1. The van der Waals surface area contributed by atoms with Gasteiger partial charge in [-0.3, -0.25) is 14.5 Å². The van der Waals surface area contributed by atoms with Gasteiger partial charge in [-0.15, -0.1) is 0 Å². The minimum Gasteiger partial charge on any atom is -0.480 e. The lowest BCUT2D eigenvalue weighted by Crippen LogP contribution is -2.59. The quantitative estimate of drug-likeness (QED) is 0.694. The first-order chi connectivity index (χ1) is 13.5. The van der Waals surface area contributed by atoms with Crippen molar-refractivity contribution in [1.82, 2.24) is 15.1 Å². The van der Waals surface area contributed by atoms with Crippen LogP contribution in [0.3, 0.4) is 0 Å². The Morgan fingerprint density at radius 3 is 2.10 bits per heavy atom. The van der Waals surface area contributed by atoms with E-state index >= 15 is 0 Å². The average Bonchev–Trinajstić information content (AvgIpc) is 2.97. The van der Waals surface area contributed by atoms with Crippen LogP contribution in [0.5, 0.6) is 0 Å². The Hall–Kier alpha value is -2.32. The molecule has 1 aliphatic rings. The summed E-state index contributed by atoms with van der Waals surface area (Å²) in [4.78, 5) is 52.5. The molecule has 0 aliphatic carbocycles. The van der Waals surface area contributed by atoms with Crippen LogP contribution >= 0.6 is 0 Å². The van der Waals surface area contributed by atoms with E-state index in [1.54, 1.807) is 48.5 Å². The zero-order valence-corrected chi connectivity index (χ0v) is 19.6. The van der Waals surface area contributed by atoms with Crippen molar-refractivity contribution in [3.8, 4) is 0 Å². The van der Waals surface area contributed by atoms with Gasteiger partial charge in [0.15, 0.2) is 0 Å². The van der Waals surface area contributed by atoms with E-state index in [4.69, 9.17) is 4.74 Å². The largest absolute Gasteiger partial charge is 0.480 e. The first-order valence-corrected chi connectivity index (χ1v) is 10.2. The van der Waals surface area contributed by atoms with Crippen molar-refractivity contribution < 1.29 is 29.0 Å². The second kappa shape index (κ2) is 9.22. The second-order valence-electron chi connectivity index (χ2n) is 10.3. The van der Waals surface area contributed by atoms with E-state index < -0.39 is 53.0 Å². The molecule has 0 saturated carbocycles. The number of carboxylic acid groups (broad SMARTS) is 1. The Labute approximate surface area is 179 Å². The fourth-order valence-corrected chi connectivity index (χ4v) is 3.27. The maximum absolute atomic E-state index is 13.2. The maximum Gasteiger partial charge on any atom is 0.410 e. The maximum atomic E-state index is 13.2. The third-order valence-electron chi connectivity index (χ3n) is 5.12. The number of hydrogen-bond acceptors (Lipinski definition) is 5. The van der Waals surface area contributed by atoms with Crippen molar-refractivity contribution in [2.45, 2.75) is 85.5 Å². The normalized spacial score (nSPS) is 21.6. The van der Waals surface area contributed by atoms with Gasteiger partial charge in [0.2, 0.25) is 11.8 Å². The first kappa shape index (κ1) is 25.7. The molecule has 2 N–H and O–H groups in total. The number of carbonyl (C=O) groups excluding carboxylic acids is 3. The van der Waals surface area contributed by atoms with E-state index in [2.05, 4.69) is 5.32 Å². The number of aliphatic carboxylic acids is 1. The van der Waals surface area contributed by atoms with E-state index in [9.17, 15) is 24.3 Å². The SMILES string of the molecule is C[C@H]1C[C@@H](C(=O)O)N(C(=O)[C@@H](NC(=O)[C@H](C)N(C)C(=O)OC(C)(C)C)C(C)(C)C)C1. The number of carboxylic acids is 1. The van der Waals surface area contributed by atoms with E-state index in [0.29, 0.717) is 13.0 Å². The molecular weight excluding hydrogens is 390 g/mol. The summed E-state index contributed by atoms with van der Waals surface area (Å²) in [7, 11) is 1.45. The summed E-state index contributed by atoms with van der Waals surface area (Å²) >= 11 is 0. The van der Waals surface area contributed by atoms with Crippen LogP contribution in [0.4, 0.5) is 4.79 Å². The molecule has 0 radical (unpaired) electrons. The minimum atomic E-state index is -1.05. The molecular formula is C21H37N3O6. The molecule has 0 bridgehead atoms. The van der Waals surface area contributed by atoms with Gasteiger partial charge in [-0.2, -0.15) is 0 Å². The number of hydrogen-bond donors (Lipinski definition) is 2. The van der Waals surface area contributed by atoms with Gasteiger partial charge in [0.25, 0.3) is 0 Å². The van der Waals surface area contributed by atoms with Gasteiger partial charge in [-0.1, -0.05) is 27.7 Å². The molecule has 0 spiro atoms. The van der Waals surface area contributed by atoms with E-state index in [-0.39, 0.29) is 5.92 Å². The fourth-order valence-electron chi connectivity index (χ4n) is 3.27. The van der Waals surface area contributed by atoms with Gasteiger partial charge in [-0.05, 0) is 45.4 Å². The van der Waals surface area contributed by atoms with Gasteiger partial charge in [0.1, 0.15) is 23.7 Å². The van der Waals surface area contributed by atoms with Crippen LogP contribution in [0.2, 0.25) is 0 Å². The number of nitrogens with one attached hydrogen (secondary N) is 1. The summed E-state index contributed by atoms with van der Waals surface area (Å²) in [5.74, 6) is -1.94. The summed E-state index contributed by atoms with van der Waals surface area (Å²) in [5, 5.41) is 12.2. The van der Waals surface area contributed by atoms with Gasteiger partial charge in [-0.25, -0.2) is 9.59 Å². The molecule has 1 fully saturated rings. The Kier molecular flexibility index (Phi) is 7.90. The smallest absolute Gasteiger partial charge is 0.410 e. The number of nitrogens with zero attached hydrogens (tertiary/aromatic N) is 2. The summed E-state index contributed by atoms with van der Waals surface area (Å²) in [5.41, 5.74) is -1.37. The molecule has 30 heavy (non-hydrogen) atoms. The highest BCUT2D eigenvalue weighted by Gasteiger charge is 2.44. The van der Waals surface area contributed by atoms with E-state index in [1.807, 2.05) is 6.92 Å². The predicted molar refractivity (Wildman–Crippen MR) is 112 cm³/mol. The Balaban J connectivity index is 3.00. The minimum absolute atomic E-state index is 0.0589. The van der Waals surface area contributed by atoms with Crippen LogP contribution in [0.15, 0.2) is 0 Å². The van der Waals surface area contributed by atoms with Crippen LogP contribution in [-0.4, -0.2) is 76.1 Å². The molecule has 1 heterocycles. The zero-order chi connectivity index (χ0) is 23.6. The molecule has 3 amide bonds. The second-order valence-corrected chi connectivity index (χ2v) is 10.3. The van der Waals surface area contributed by atoms with Crippen molar-refractivity contribution in [3.63, 3.8) is 0 Å². The monoisotopic (exact) mass is 427 g/mol. The summed E-state index contributed by atoms with van der Waals surface area (Å²) < 4.78 is 5.29. The van der Waals surface area contributed by atoms with E-state index in [0.717, 1.165) is 0 Å². The van der Waals surface area contributed by atoms with Gasteiger partial charge < -0.3 is 20.1 Å². The molecule has 0 unspecified atom stereocenters. The summed E-state index contributed by atoms with van der Waals surface area (Å²) in [6.45, 7) is 14.3. The van der Waals surface area contributed by atoms with Crippen LogP contribution in [0.25, 0.3) is 0 Å². The Morgan fingerprint density at radius 2 is 1.67 bits per heavy atom. The molecule has 9 heteroatoms. The third kappa shape index (κ3) is 6.60. The number of carbonyl (C=O) groups is 4. The van der Waals surface area contributed by atoms with Crippen LogP contribution < -0.4 is 5.32 Å². The summed E-state index contributed by atoms with van der Waals surface area (Å²) in [6.07, 6.45) is -0.271. The number of ether oxygens (including phenoxy) is 1. The van der Waals surface area contributed by atoms with Crippen LogP contribution in [0, 0.1) is 11.3 Å². The molecule has 1 aliphatic heterocycles. The fraction of sp³-hybridized carbons (Fsp3) is 0.810. The topological polar surface area (TPSA) is 116 Å². The first-order valence-electron chi connectivity index (χ1n) is 10.2. The van der Waals surface area contributed by atoms with Crippen molar-refractivity contribution in [2.75, 3.05) is 13.6 Å². The van der Waals surface area contributed by atoms with Crippen molar-refractivity contribution >= 4 is 23.9 Å². The molecule has 0 aromatic carbocycles. The van der Waals surface area contributed by atoms with Crippen molar-refractivity contribution in [1.29, 1.82) is 0 Å². The average molecular weight is 428 g/mol. The van der Waals surface area contributed by atoms with Crippen molar-refractivity contribution in [3.05, 3.63) is 0 Å². The highest BCUT2D eigenvalue weighted by atomic mass is 16.6. The number of likely N-dealkylation sites (N-methyl/N-ethyl adjacent to an activating group) is 1. The molecule has 0 aromatic heterocycles. The van der Waals surface area contributed by atoms with Gasteiger partial charge in [0.05, 0.1) is 0 Å². The highest BCUT2D eigenvalue weighted by Crippen LogP contribution is 2.28. The van der Waals surface area contributed by atoms with Crippen molar-refractivity contribution in [2.24, 2.45) is 11.3 Å². The van der Waals surface area contributed by atoms with E-state index in [1.165, 1.54) is 16.8 Å². The zero-order valence-electron chi connectivity index (χ0n) is 19.6. The summed E-state index contributed by atoms with van der Waals surface area (Å²) in [6, 6.07) is -2.73. The predicted octanol–water partition coefficient (Wildman–Crippen LogP) is 2.09. The molecule has 172 valence electrons. The third-order valence-corrected chi connectivity index (χ3v) is 5.12. The van der Waals surface area contributed by atoms with Crippen LogP contribution in [-0.2, 0) is 19.1 Å². The lowest BCUT2D eigenvalue weighted by atomic mass is 9.85. The molecule has 1 saturated heterocycles. The molecule has 4 atom stereocenters. The standard InChI is InChI=1S/C21H37N3O6/c1-12-10-14(18(27)28)24(11-12)17(26)15(20(3,4)5)22-16(25)13(2)23(9)19(29)30-21(6,7)8/h12-15H,10-11H2,1-9H3,(H,22,25)(H,27,28)/t12-,13-,14-,15+/m0/s1. The lowest BCUT2D eigenvalue weighted by Gasteiger charge is -2.36. The Morgan fingerprint density at radius 1 is 1.13 bits per heavy atom.